The highest BCUT2D eigenvalue weighted by atomic mass is 16.1. The first-order chi connectivity index (χ1) is 13.3. The second-order valence-corrected chi connectivity index (χ2v) is 6.52. The molecule has 4 heterocycles. The number of aromatic nitrogens is 4. The van der Waals surface area contributed by atoms with Gasteiger partial charge in [0.25, 0.3) is 0 Å². The minimum absolute atomic E-state index is 0.0345. The number of amides is 1. The maximum absolute atomic E-state index is 12.6. The molecule has 0 spiro atoms. The second kappa shape index (κ2) is 7.90. The first-order valence-corrected chi connectivity index (χ1v) is 8.99. The molecule has 3 aromatic rings. The average molecular weight is 360 g/mol. The molecule has 1 aliphatic heterocycles. The molecule has 136 valence electrons. The van der Waals surface area contributed by atoms with Crippen LogP contribution in [0.25, 0.3) is 11.3 Å². The lowest BCUT2D eigenvalue weighted by atomic mass is 9.97. The fourth-order valence-corrected chi connectivity index (χ4v) is 3.25. The molecule has 27 heavy (non-hydrogen) atoms. The second-order valence-electron chi connectivity index (χ2n) is 6.52. The molecule has 1 amide bonds. The maximum Gasteiger partial charge on any atom is 0.229 e. The van der Waals surface area contributed by atoms with E-state index in [1.165, 1.54) is 0 Å². The zero-order valence-corrected chi connectivity index (χ0v) is 14.8. The van der Waals surface area contributed by atoms with E-state index in [0.717, 1.165) is 42.1 Å². The Morgan fingerprint density at radius 1 is 0.963 bits per heavy atom. The summed E-state index contributed by atoms with van der Waals surface area (Å²) in [6.45, 7) is 1.52. The average Bonchev–Trinajstić information content (AvgIpc) is 2.75. The summed E-state index contributed by atoms with van der Waals surface area (Å²) < 4.78 is 0. The van der Waals surface area contributed by atoms with E-state index in [4.69, 9.17) is 0 Å². The van der Waals surface area contributed by atoms with E-state index in [1.807, 2.05) is 24.3 Å². The lowest BCUT2D eigenvalue weighted by molar-refractivity contribution is -0.120. The maximum atomic E-state index is 12.6. The summed E-state index contributed by atoms with van der Waals surface area (Å²) in [4.78, 5) is 22.7. The summed E-state index contributed by atoms with van der Waals surface area (Å²) in [5.74, 6) is 0.759. The Labute approximate surface area is 157 Å². The molecule has 7 nitrogen and oxygen atoms in total. The van der Waals surface area contributed by atoms with Crippen molar-refractivity contribution in [1.82, 2.24) is 20.2 Å². The van der Waals surface area contributed by atoms with E-state index in [0.29, 0.717) is 6.54 Å². The van der Waals surface area contributed by atoms with Gasteiger partial charge < -0.3 is 10.2 Å². The van der Waals surface area contributed by atoms with Crippen molar-refractivity contribution >= 4 is 17.4 Å². The summed E-state index contributed by atoms with van der Waals surface area (Å²) in [6, 6.07) is 11.3. The van der Waals surface area contributed by atoms with Crippen LogP contribution in [-0.2, 0) is 4.79 Å². The molecule has 4 rings (SSSR count). The van der Waals surface area contributed by atoms with E-state index in [1.54, 1.807) is 36.9 Å². The van der Waals surface area contributed by atoms with Crippen molar-refractivity contribution in [1.29, 1.82) is 0 Å². The predicted molar refractivity (Wildman–Crippen MR) is 103 cm³/mol. The van der Waals surface area contributed by atoms with Crippen LogP contribution in [0.2, 0.25) is 0 Å². The van der Waals surface area contributed by atoms with Crippen LogP contribution in [0.1, 0.15) is 12.8 Å². The largest absolute Gasteiger partial charge is 0.354 e. The summed E-state index contributed by atoms with van der Waals surface area (Å²) in [7, 11) is 0. The highest BCUT2D eigenvalue weighted by Gasteiger charge is 2.26. The number of pyridine rings is 2. The van der Waals surface area contributed by atoms with E-state index < -0.39 is 0 Å². The van der Waals surface area contributed by atoms with Gasteiger partial charge in [-0.05, 0) is 49.2 Å². The van der Waals surface area contributed by atoms with Gasteiger partial charge in [-0.2, -0.15) is 0 Å². The fraction of sp³-hybridized carbons (Fsp3) is 0.250. The smallest absolute Gasteiger partial charge is 0.229 e. The van der Waals surface area contributed by atoms with Gasteiger partial charge >= 0.3 is 0 Å². The van der Waals surface area contributed by atoms with Gasteiger partial charge in [-0.25, -0.2) is 0 Å². The van der Waals surface area contributed by atoms with Crippen LogP contribution in [0.15, 0.2) is 61.2 Å². The first kappa shape index (κ1) is 17.1. The van der Waals surface area contributed by atoms with Gasteiger partial charge in [0.15, 0.2) is 5.82 Å². The monoisotopic (exact) mass is 360 g/mol. The van der Waals surface area contributed by atoms with Crippen LogP contribution in [0.3, 0.4) is 0 Å². The van der Waals surface area contributed by atoms with E-state index in [9.17, 15) is 4.79 Å². The number of carbonyl (C=O) groups is 1. The third-order valence-electron chi connectivity index (χ3n) is 4.69. The number of anilines is 2. The number of carbonyl (C=O) groups excluding carboxylic acids is 1. The van der Waals surface area contributed by atoms with E-state index in [-0.39, 0.29) is 11.8 Å². The van der Waals surface area contributed by atoms with Gasteiger partial charge in [-0.1, -0.05) is 0 Å². The Bertz CT molecular complexity index is 885. The van der Waals surface area contributed by atoms with Crippen molar-refractivity contribution in [2.45, 2.75) is 12.8 Å². The minimum atomic E-state index is -0.0754. The molecule has 0 saturated carbocycles. The molecular weight excluding hydrogens is 340 g/mol. The fourth-order valence-electron chi connectivity index (χ4n) is 3.25. The number of nitrogens with one attached hydrogen (secondary N) is 1. The van der Waals surface area contributed by atoms with Crippen LogP contribution in [0.5, 0.6) is 0 Å². The van der Waals surface area contributed by atoms with Crippen molar-refractivity contribution in [3.63, 3.8) is 0 Å². The molecule has 1 saturated heterocycles. The van der Waals surface area contributed by atoms with E-state index >= 15 is 0 Å². The Balaban J connectivity index is 1.43. The van der Waals surface area contributed by atoms with Crippen molar-refractivity contribution in [2.24, 2.45) is 5.92 Å². The SMILES string of the molecule is O=C(Nc1ccncc1)C1CCCN(c2ccc(-c3ccncc3)nn2)C1. The van der Waals surface area contributed by atoms with Crippen molar-refractivity contribution in [2.75, 3.05) is 23.3 Å². The third-order valence-corrected chi connectivity index (χ3v) is 4.69. The summed E-state index contributed by atoms with van der Waals surface area (Å²) in [6.07, 6.45) is 8.63. The highest BCUT2D eigenvalue weighted by molar-refractivity contribution is 5.92. The Kier molecular flexibility index (Phi) is 5.00. The zero-order chi connectivity index (χ0) is 18.5. The number of nitrogens with zero attached hydrogens (tertiary/aromatic N) is 5. The number of hydrogen-bond donors (Lipinski definition) is 1. The molecule has 7 heteroatoms. The van der Waals surface area contributed by atoms with E-state index in [2.05, 4.69) is 30.4 Å². The molecule has 0 aliphatic carbocycles. The highest BCUT2D eigenvalue weighted by Crippen LogP contribution is 2.24. The number of hydrogen-bond acceptors (Lipinski definition) is 6. The molecule has 0 bridgehead atoms. The van der Waals surface area contributed by atoms with Gasteiger partial charge in [0.1, 0.15) is 0 Å². The zero-order valence-electron chi connectivity index (χ0n) is 14.8. The Morgan fingerprint density at radius 2 is 1.70 bits per heavy atom. The van der Waals surface area contributed by atoms with Crippen molar-refractivity contribution < 1.29 is 4.79 Å². The minimum Gasteiger partial charge on any atom is -0.354 e. The Hall–Kier alpha value is -3.35. The van der Waals surface area contributed by atoms with Crippen LogP contribution in [0.4, 0.5) is 11.5 Å². The molecule has 1 unspecified atom stereocenters. The molecule has 0 aromatic carbocycles. The van der Waals surface area contributed by atoms with Crippen LogP contribution in [0, 0.1) is 5.92 Å². The molecule has 3 aromatic heterocycles. The van der Waals surface area contributed by atoms with Gasteiger partial charge in [0.05, 0.1) is 11.6 Å². The van der Waals surface area contributed by atoms with Crippen molar-refractivity contribution in [3.05, 3.63) is 61.2 Å². The standard InChI is InChI=1S/C20H20N6O/c27-20(23-17-7-11-22-12-8-17)16-2-1-13-26(14-16)19-4-3-18(24-25-19)15-5-9-21-10-6-15/h3-12,16H,1-2,13-14H2,(H,22,23,27). The molecule has 1 N–H and O–H groups in total. The first-order valence-electron chi connectivity index (χ1n) is 8.99. The molecule has 1 aliphatic rings. The predicted octanol–water partition coefficient (Wildman–Crippen LogP) is 2.79. The molecule has 1 atom stereocenters. The third kappa shape index (κ3) is 4.08. The van der Waals surface area contributed by atoms with Crippen LogP contribution in [-0.4, -0.2) is 39.2 Å². The quantitative estimate of drug-likeness (QED) is 0.770. The molecular formula is C20H20N6O. The van der Waals surface area contributed by atoms with Crippen molar-refractivity contribution in [3.8, 4) is 11.3 Å². The normalized spacial score (nSPS) is 16.7. The van der Waals surface area contributed by atoms with Gasteiger partial charge in [-0.15, -0.1) is 10.2 Å². The summed E-state index contributed by atoms with van der Waals surface area (Å²) in [5, 5.41) is 11.7. The number of piperidine rings is 1. The summed E-state index contributed by atoms with van der Waals surface area (Å²) >= 11 is 0. The Morgan fingerprint density at radius 3 is 2.41 bits per heavy atom. The molecule has 1 fully saturated rings. The topological polar surface area (TPSA) is 83.9 Å². The van der Waals surface area contributed by atoms with Gasteiger partial charge in [-0.3, -0.25) is 14.8 Å². The number of rotatable bonds is 4. The lowest BCUT2D eigenvalue weighted by Crippen LogP contribution is -2.41. The van der Waals surface area contributed by atoms with Crippen LogP contribution < -0.4 is 10.2 Å². The van der Waals surface area contributed by atoms with Gasteiger partial charge in [0, 0.05) is 49.1 Å². The van der Waals surface area contributed by atoms with Gasteiger partial charge in [0.2, 0.25) is 5.91 Å². The van der Waals surface area contributed by atoms with Crippen LogP contribution >= 0.6 is 0 Å². The lowest BCUT2D eigenvalue weighted by Gasteiger charge is -2.32. The molecule has 0 radical (unpaired) electrons. The summed E-state index contributed by atoms with van der Waals surface area (Å²) in [5.41, 5.74) is 2.57.